The van der Waals surface area contributed by atoms with E-state index in [0.29, 0.717) is 6.04 Å². The summed E-state index contributed by atoms with van der Waals surface area (Å²) in [6.07, 6.45) is 3.32. The van der Waals surface area contributed by atoms with Crippen LogP contribution in [0.15, 0.2) is 12.1 Å². The van der Waals surface area contributed by atoms with Gasteiger partial charge in [0, 0.05) is 18.0 Å². The first kappa shape index (κ1) is 16.4. The molecule has 0 saturated carbocycles. The molecule has 1 aromatic carbocycles. The zero-order chi connectivity index (χ0) is 15.6. The highest BCUT2D eigenvalue weighted by Gasteiger charge is 2.36. The van der Waals surface area contributed by atoms with Crippen LogP contribution in [-0.4, -0.2) is 12.1 Å². The monoisotopic (exact) mass is 289 g/mol. The second-order valence-electron chi connectivity index (χ2n) is 7.30. The molecule has 0 aliphatic carbocycles. The van der Waals surface area contributed by atoms with Crippen molar-refractivity contribution >= 4 is 0 Å². The summed E-state index contributed by atoms with van der Waals surface area (Å²) in [6, 6.07) is 4.94. The van der Waals surface area contributed by atoms with Crippen LogP contribution in [0.25, 0.3) is 0 Å². The van der Waals surface area contributed by atoms with Crippen LogP contribution in [0.1, 0.15) is 69.7 Å². The number of aryl methyl sites for hydroxylation is 2. The fraction of sp³-hybridized carbons (Fsp3) is 0.684. The normalized spacial score (nSPS) is 24.8. The van der Waals surface area contributed by atoms with Crippen LogP contribution in [0, 0.1) is 19.8 Å². The fourth-order valence-corrected chi connectivity index (χ4v) is 3.16. The molecular weight excluding hydrogens is 258 g/mol. The van der Waals surface area contributed by atoms with E-state index < -0.39 is 0 Å². The molecule has 2 nitrogen and oxygen atoms in total. The minimum Gasteiger partial charge on any atom is -0.487 e. The van der Waals surface area contributed by atoms with Crippen molar-refractivity contribution in [2.24, 2.45) is 5.92 Å². The van der Waals surface area contributed by atoms with Crippen LogP contribution < -0.4 is 10.1 Å². The Morgan fingerprint density at radius 2 is 2.05 bits per heavy atom. The molecule has 2 rings (SSSR count). The molecule has 1 heterocycles. The summed E-state index contributed by atoms with van der Waals surface area (Å²) < 4.78 is 6.37. The highest BCUT2D eigenvalue weighted by Crippen LogP contribution is 2.43. The molecule has 1 aromatic rings. The van der Waals surface area contributed by atoms with Crippen molar-refractivity contribution in [2.75, 3.05) is 6.54 Å². The Morgan fingerprint density at radius 1 is 1.33 bits per heavy atom. The number of hydrogen-bond acceptors (Lipinski definition) is 2. The van der Waals surface area contributed by atoms with Gasteiger partial charge >= 0.3 is 0 Å². The lowest BCUT2D eigenvalue weighted by atomic mass is 9.85. The lowest BCUT2D eigenvalue weighted by Gasteiger charge is -2.41. The topological polar surface area (TPSA) is 21.3 Å². The van der Waals surface area contributed by atoms with Gasteiger partial charge in [0.25, 0.3) is 0 Å². The van der Waals surface area contributed by atoms with Gasteiger partial charge in [-0.3, -0.25) is 0 Å². The van der Waals surface area contributed by atoms with E-state index in [9.17, 15) is 0 Å². The van der Waals surface area contributed by atoms with Gasteiger partial charge in [-0.25, -0.2) is 0 Å². The molecule has 0 amide bonds. The van der Waals surface area contributed by atoms with Crippen molar-refractivity contribution in [3.8, 4) is 5.75 Å². The third-order valence-corrected chi connectivity index (χ3v) is 4.67. The number of rotatable bonds is 5. The average Bonchev–Trinajstić information content (AvgIpc) is 2.40. The molecule has 21 heavy (non-hydrogen) atoms. The lowest BCUT2D eigenvalue weighted by Crippen LogP contribution is -2.42. The van der Waals surface area contributed by atoms with E-state index in [-0.39, 0.29) is 5.60 Å². The molecule has 0 bridgehead atoms. The molecular formula is C19H31NO. The summed E-state index contributed by atoms with van der Waals surface area (Å²) >= 11 is 0. The van der Waals surface area contributed by atoms with Crippen LogP contribution in [-0.2, 0) is 0 Å². The van der Waals surface area contributed by atoms with Gasteiger partial charge in [-0.1, -0.05) is 38.5 Å². The smallest absolute Gasteiger partial charge is 0.127 e. The van der Waals surface area contributed by atoms with Gasteiger partial charge in [0.15, 0.2) is 0 Å². The van der Waals surface area contributed by atoms with Gasteiger partial charge in [0.2, 0.25) is 0 Å². The van der Waals surface area contributed by atoms with Crippen LogP contribution in [0.4, 0.5) is 0 Å². The minimum absolute atomic E-state index is 0.0531. The Hall–Kier alpha value is -1.02. The van der Waals surface area contributed by atoms with E-state index in [1.54, 1.807) is 0 Å². The predicted molar refractivity (Wildman–Crippen MR) is 90.1 cm³/mol. The summed E-state index contributed by atoms with van der Waals surface area (Å²) in [5.41, 5.74) is 3.88. The molecule has 2 unspecified atom stereocenters. The molecule has 1 aliphatic heterocycles. The van der Waals surface area contributed by atoms with Crippen molar-refractivity contribution in [3.05, 3.63) is 28.8 Å². The summed E-state index contributed by atoms with van der Waals surface area (Å²) in [5.74, 6) is 1.85. The number of nitrogens with one attached hydrogen (secondary N) is 1. The molecule has 2 heteroatoms. The van der Waals surface area contributed by atoms with Crippen molar-refractivity contribution in [1.82, 2.24) is 5.32 Å². The number of benzene rings is 1. The van der Waals surface area contributed by atoms with Gasteiger partial charge < -0.3 is 10.1 Å². The van der Waals surface area contributed by atoms with Crippen molar-refractivity contribution < 1.29 is 4.74 Å². The molecule has 118 valence electrons. The average molecular weight is 289 g/mol. The molecule has 0 aromatic heterocycles. The Balaban J connectivity index is 2.28. The van der Waals surface area contributed by atoms with Crippen LogP contribution in [0.5, 0.6) is 5.75 Å². The van der Waals surface area contributed by atoms with Crippen molar-refractivity contribution in [2.45, 2.75) is 72.4 Å². The first-order valence-electron chi connectivity index (χ1n) is 8.38. The standard InChI is InChI=1S/C19H31NO/c1-7-19(6)12-17(20-9-8-13(2)3)16-11-14(4)10-15(5)18(16)21-19/h10-11,13,17,20H,7-9,12H2,1-6H3. The third-order valence-electron chi connectivity index (χ3n) is 4.67. The molecule has 0 saturated heterocycles. The lowest BCUT2D eigenvalue weighted by molar-refractivity contribution is 0.0432. The van der Waals surface area contributed by atoms with Crippen LogP contribution >= 0.6 is 0 Å². The van der Waals surface area contributed by atoms with Crippen LogP contribution in [0.2, 0.25) is 0 Å². The first-order chi connectivity index (χ1) is 9.84. The van der Waals surface area contributed by atoms with E-state index in [2.05, 4.69) is 59.0 Å². The maximum absolute atomic E-state index is 6.37. The predicted octanol–water partition coefficient (Wildman–Crippen LogP) is 4.93. The zero-order valence-corrected chi connectivity index (χ0v) is 14.5. The molecule has 2 atom stereocenters. The molecule has 0 spiro atoms. The second-order valence-corrected chi connectivity index (χ2v) is 7.30. The largest absolute Gasteiger partial charge is 0.487 e. The highest BCUT2D eigenvalue weighted by atomic mass is 16.5. The quantitative estimate of drug-likeness (QED) is 0.829. The Bertz CT molecular complexity index is 495. The summed E-state index contributed by atoms with van der Waals surface area (Å²) in [4.78, 5) is 0. The summed E-state index contributed by atoms with van der Waals surface area (Å²) in [6.45, 7) is 14.4. The zero-order valence-electron chi connectivity index (χ0n) is 14.5. The fourth-order valence-electron chi connectivity index (χ4n) is 3.16. The Morgan fingerprint density at radius 3 is 2.67 bits per heavy atom. The van der Waals surface area contributed by atoms with Gasteiger partial charge in [0.05, 0.1) is 0 Å². The summed E-state index contributed by atoms with van der Waals surface area (Å²) in [5, 5.41) is 3.77. The maximum atomic E-state index is 6.37. The van der Waals surface area contributed by atoms with E-state index in [0.717, 1.165) is 31.1 Å². The molecule has 0 fully saturated rings. The molecule has 1 aliphatic rings. The van der Waals surface area contributed by atoms with Gasteiger partial charge in [-0.15, -0.1) is 0 Å². The SMILES string of the molecule is CCC1(C)CC(NCCC(C)C)c2cc(C)cc(C)c2O1. The maximum Gasteiger partial charge on any atom is 0.127 e. The van der Waals surface area contributed by atoms with Crippen LogP contribution in [0.3, 0.4) is 0 Å². The second kappa shape index (κ2) is 6.39. The Labute approximate surface area is 130 Å². The van der Waals surface area contributed by atoms with E-state index in [4.69, 9.17) is 4.74 Å². The van der Waals surface area contributed by atoms with Gasteiger partial charge in [0.1, 0.15) is 11.4 Å². The Kier molecular flexibility index (Phi) is 4.98. The minimum atomic E-state index is -0.0531. The van der Waals surface area contributed by atoms with E-state index in [1.807, 2.05) is 0 Å². The number of ether oxygens (including phenoxy) is 1. The summed E-state index contributed by atoms with van der Waals surface area (Å²) in [7, 11) is 0. The first-order valence-corrected chi connectivity index (χ1v) is 8.38. The van der Waals surface area contributed by atoms with E-state index >= 15 is 0 Å². The molecule has 0 radical (unpaired) electrons. The number of fused-ring (bicyclic) bond motifs is 1. The number of hydrogen-bond donors (Lipinski definition) is 1. The third kappa shape index (κ3) is 3.79. The van der Waals surface area contributed by atoms with Crippen molar-refractivity contribution in [3.63, 3.8) is 0 Å². The highest BCUT2D eigenvalue weighted by molar-refractivity contribution is 5.47. The van der Waals surface area contributed by atoms with Crippen molar-refractivity contribution in [1.29, 1.82) is 0 Å². The van der Waals surface area contributed by atoms with Gasteiger partial charge in [-0.2, -0.15) is 0 Å². The molecule has 1 N–H and O–H groups in total. The van der Waals surface area contributed by atoms with Gasteiger partial charge in [-0.05, 0) is 51.6 Å². The van der Waals surface area contributed by atoms with E-state index in [1.165, 1.54) is 23.1 Å².